The molecule has 0 bridgehead atoms. The van der Waals surface area contributed by atoms with Crippen LogP contribution in [-0.2, 0) is 11.3 Å². The molecule has 88 valence electrons. The minimum atomic E-state index is -0.894. The van der Waals surface area contributed by atoms with Gasteiger partial charge in [0.2, 0.25) is 0 Å². The highest BCUT2D eigenvalue weighted by molar-refractivity contribution is 5.95. The van der Waals surface area contributed by atoms with Crippen LogP contribution in [0.25, 0.3) is 0 Å². The van der Waals surface area contributed by atoms with Gasteiger partial charge in [0.05, 0.1) is 24.2 Å². The van der Waals surface area contributed by atoms with Crippen LogP contribution in [0, 0.1) is 21.4 Å². The lowest BCUT2D eigenvalue weighted by atomic mass is 10.0. The molecular weight excluding hydrogens is 228 g/mol. The van der Waals surface area contributed by atoms with E-state index in [2.05, 4.69) is 4.74 Å². The second-order valence-electron chi connectivity index (χ2n) is 3.01. The van der Waals surface area contributed by atoms with Crippen molar-refractivity contribution in [2.75, 3.05) is 7.11 Å². The van der Waals surface area contributed by atoms with Gasteiger partial charge in [-0.2, -0.15) is 5.26 Å². The van der Waals surface area contributed by atoms with Crippen molar-refractivity contribution in [3.63, 3.8) is 0 Å². The van der Waals surface area contributed by atoms with E-state index in [4.69, 9.17) is 10.4 Å². The number of carbonyl (C=O) groups excluding carboxylic acids is 1. The predicted molar refractivity (Wildman–Crippen MR) is 55.1 cm³/mol. The number of carbonyl (C=O) groups is 1. The molecule has 0 spiro atoms. The molecule has 1 aromatic carbocycles. The number of hydrogen-bond acceptors (Lipinski definition) is 6. The van der Waals surface area contributed by atoms with Crippen molar-refractivity contribution in [1.82, 2.24) is 0 Å². The van der Waals surface area contributed by atoms with Crippen LogP contribution in [0.15, 0.2) is 12.1 Å². The summed E-state index contributed by atoms with van der Waals surface area (Å²) in [5, 5.41) is 28.6. The van der Waals surface area contributed by atoms with Crippen LogP contribution in [0.1, 0.15) is 21.5 Å². The molecule has 0 amide bonds. The summed E-state index contributed by atoms with van der Waals surface area (Å²) in [5.41, 5.74) is -1.07. The fraction of sp³-hybridized carbons (Fsp3) is 0.200. The van der Waals surface area contributed by atoms with Crippen molar-refractivity contribution in [3.05, 3.63) is 38.9 Å². The number of rotatable bonds is 3. The third-order valence-electron chi connectivity index (χ3n) is 2.14. The molecular formula is C10H8N2O5. The first kappa shape index (κ1) is 12.6. The lowest BCUT2D eigenvalue weighted by Crippen LogP contribution is -2.10. The molecule has 17 heavy (non-hydrogen) atoms. The van der Waals surface area contributed by atoms with Gasteiger partial charge in [-0.1, -0.05) is 0 Å². The average Bonchev–Trinajstić information content (AvgIpc) is 2.35. The van der Waals surface area contributed by atoms with Gasteiger partial charge in [-0.25, -0.2) is 4.79 Å². The quantitative estimate of drug-likeness (QED) is 0.470. The zero-order valence-corrected chi connectivity index (χ0v) is 8.84. The average molecular weight is 236 g/mol. The van der Waals surface area contributed by atoms with Crippen molar-refractivity contribution < 1.29 is 19.6 Å². The summed E-state index contributed by atoms with van der Waals surface area (Å²) in [7, 11) is 1.09. The topological polar surface area (TPSA) is 113 Å². The van der Waals surface area contributed by atoms with E-state index in [9.17, 15) is 14.9 Å². The second kappa shape index (κ2) is 5.05. The fourth-order valence-corrected chi connectivity index (χ4v) is 1.37. The Labute approximate surface area is 96.0 Å². The van der Waals surface area contributed by atoms with E-state index in [1.54, 1.807) is 6.07 Å². The van der Waals surface area contributed by atoms with E-state index in [0.717, 1.165) is 13.2 Å². The molecule has 0 heterocycles. The van der Waals surface area contributed by atoms with E-state index in [1.807, 2.05) is 0 Å². The van der Waals surface area contributed by atoms with Gasteiger partial charge in [0.1, 0.15) is 11.6 Å². The Kier molecular flexibility index (Phi) is 3.74. The first-order chi connectivity index (χ1) is 8.06. The van der Waals surface area contributed by atoms with Crippen molar-refractivity contribution in [3.8, 4) is 6.07 Å². The Morgan fingerprint density at radius 1 is 1.65 bits per heavy atom. The number of nitriles is 1. The maximum atomic E-state index is 11.4. The SMILES string of the molecule is COC(=O)c1c(CO)ccc([N+](=O)[O-])c1C#N. The van der Waals surface area contributed by atoms with Crippen LogP contribution >= 0.6 is 0 Å². The molecule has 7 nitrogen and oxygen atoms in total. The number of benzene rings is 1. The van der Waals surface area contributed by atoms with Gasteiger partial charge in [0, 0.05) is 6.07 Å². The maximum Gasteiger partial charge on any atom is 0.339 e. The highest BCUT2D eigenvalue weighted by atomic mass is 16.6. The molecule has 0 saturated heterocycles. The molecule has 1 rings (SSSR count). The van der Waals surface area contributed by atoms with Crippen LogP contribution < -0.4 is 0 Å². The number of methoxy groups -OCH3 is 1. The number of hydrogen-bond donors (Lipinski definition) is 1. The number of nitrogens with zero attached hydrogens (tertiary/aromatic N) is 2. The summed E-state index contributed by atoms with van der Waals surface area (Å²) < 4.78 is 4.43. The Bertz CT molecular complexity index is 518. The van der Waals surface area contributed by atoms with Gasteiger partial charge >= 0.3 is 5.97 Å². The molecule has 0 aliphatic carbocycles. The van der Waals surface area contributed by atoms with E-state index in [1.165, 1.54) is 6.07 Å². The lowest BCUT2D eigenvalue weighted by molar-refractivity contribution is -0.385. The molecule has 1 aromatic rings. The normalized spacial score (nSPS) is 9.47. The highest BCUT2D eigenvalue weighted by Crippen LogP contribution is 2.25. The second-order valence-corrected chi connectivity index (χ2v) is 3.01. The Balaban J connectivity index is 3.62. The van der Waals surface area contributed by atoms with E-state index in [-0.39, 0.29) is 11.1 Å². The van der Waals surface area contributed by atoms with E-state index >= 15 is 0 Å². The summed E-state index contributed by atoms with van der Waals surface area (Å²) >= 11 is 0. The summed E-state index contributed by atoms with van der Waals surface area (Å²) in [5.74, 6) is -0.894. The van der Waals surface area contributed by atoms with Crippen LogP contribution in [0.2, 0.25) is 0 Å². The molecule has 1 N–H and O–H groups in total. The van der Waals surface area contributed by atoms with Crippen LogP contribution in [0.4, 0.5) is 5.69 Å². The number of ether oxygens (including phenoxy) is 1. The van der Waals surface area contributed by atoms with Gasteiger partial charge in [0.25, 0.3) is 5.69 Å². The van der Waals surface area contributed by atoms with Gasteiger partial charge < -0.3 is 9.84 Å². The van der Waals surface area contributed by atoms with Gasteiger partial charge in [-0.15, -0.1) is 0 Å². The summed E-state index contributed by atoms with van der Waals surface area (Å²) in [6, 6.07) is 3.86. The zero-order chi connectivity index (χ0) is 13.0. The van der Waals surface area contributed by atoms with Crippen molar-refractivity contribution in [2.24, 2.45) is 0 Å². The Hall–Kier alpha value is -2.46. The Morgan fingerprint density at radius 2 is 2.29 bits per heavy atom. The van der Waals surface area contributed by atoms with Gasteiger partial charge in [-0.3, -0.25) is 10.1 Å². The standard InChI is InChI=1S/C10H8N2O5/c1-17-10(14)9-6(5-13)2-3-8(12(15)16)7(9)4-11/h2-3,13H,5H2,1H3. The molecule has 0 saturated carbocycles. The van der Waals surface area contributed by atoms with Crippen molar-refractivity contribution in [1.29, 1.82) is 5.26 Å². The molecule has 0 aliphatic heterocycles. The van der Waals surface area contributed by atoms with E-state index in [0.29, 0.717) is 0 Å². The molecule has 0 aromatic heterocycles. The summed E-state index contributed by atoms with van der Waals surface area (Å²) in [6.07, 6.45) is 0. The molecule has 0 atom stereocenters. The smallest absolute Gasteiger partial charge is 0.339 e. The van der Waals surface area contributed by atoms with E-state index < -0.39 is 28.8 Å². The highest BCUT2D eigenvalue weighted by Gasteiger charge is 2.25. The summed E-state index contributed by atoms with van der Waals surface area (Å²) in [6.45, 7) is -0.517. The molecule has 7 heteroatoms. The number of nitro benzene ring substituents is 1. The Morgan fingerprint density at radius 3 is 2.71 bits per heavy atom. The largest absolute Gasteiger partial charge is 0.465 e. The minimum Gasteiger partial charge on any atom is -0.465 e. The number of nitro groups is 1. The third-order valence-corrected chi connectivity index (χ3v) is 2.14. The van der Waals surface area contributed by atoms with Crippen LogP contribution in [0.3, 0.4) is 0 Å². The maximum absolute atomic E-state index is 11.4. The minimum absolute atomic E-state index is 0.110. The monoisotopic (exact) mass is 236 g/mol. The van der Waals surface area contributed by atoms with Crippen LogP contribution in [-0.4, -0.2) is 23.1 Å². The predicted octanol–water partition coefficient (Wildman–Crippen LogP) is 0.745. The summed E-state index contributed by atoms with van der Waals surface area (Å²) in [4.78, 5) is 21.4. The van der Waals surface area contributed by atoms with Crippen molar-refractivity contribution in [2.45, 2.75) is 6.61 Å². The first-order valence-corrected chi connectivity index (χ1v) is 4.46. The van der Waals surface area contributed by atoms with Crippen molar-refractivity contribution >= 4 is 11.7 Å². The molecule has 0 unspecified atom stereocenters. The first-order valence-electron chi connectivity index (χ1n) is 4.46. The number of esters is 1. The molecule has 0 fully saturated rings. The third kappa shape index (κ3) is 2.21. The molecule has 0 aliphatic rings. The van der Waals surface area contributed by atoms with Gasteiger partial charge in [0.15, 0.2) is 0 Å². The van der Waals surface area contributed by atoms with Crippen LogP contribution in [0.5, 0.6) is 0 Å². The molecule has 0 radical (unpaired) electrons. The number of aliphatic hydroxyl groups excluding tert-OH is 1. The number of aliphatic hydroxyl groups is 1. The fourth-order valence-electron chi connectivity index (χ4n) is 1.37. The zero-order valence-electron chi connectivity index (χ0n) is 8.84. The van der Waals surface area contributed by atoms with Gasteiger partial charge in [-0.05, 0) is 11.6 Å². The lowest BCUT2D eigenvalue weighted by Gasteiger charge is -2.07.